The largest absolute Gasteiger partial charge is 0.496 e. The van der Waals surface area contributed by atoms with Crippen molar-refractivity contribution in [3.05, 3.63) is 65.0 Å². The van der Waals surface area contributed by atoms with Crippen LogP contribution in [-0.2, 0) is 0 Å². The second-order valence-corrected chi connectivity index (χ2v) is 4.47. The highest BCUT2D eigenvalue weighted by molar-refractivity contribution is 5.42. The van der Waals surface area contributed by atoms with Gasteiger partial charge in [-0.3, -0.25) is 0 Å². The van der Waals surface area contributed by atoms with Crippen LogP contribution in [0.2, 0.25) is 0 Å². The zero-order valence-corrected chi connectivity index (χ0v) is 11.4. The quantitative estimate of drug-likeness (QED) is 0.908. The summed E-state index contributed by atoms with van der Waals surface area (Å²) in [7, 11) is 3.54. The first-order valence-corrected chi connectivity index (χ1v) is 6.23. The van der Waals surface area contributed by atoms with Crippen LogP contribution in [0.25, 0.3) is 0 Å². The number of aryl methyl sites for hydroxylation is 1. The molecule has 0 saturated heterocycles. The first-order chi connectivity index (χ1) is 9.17. The number of methoxy groups -OCH3 is 1. The fourth-order valence-corrected chi connectivity index (χ4v) is 2.25. The van der Waals surface area contributed by atoms with Gasteiger partial charge in [0, 0.05) is 5.56 Å². The molecule has 0 aliphatic rings. The summed E-state index contributed by atoms with van der Waals surface area (Å²) in [6, 6.07) is 13.0. The number of ether oxygens (including phenoxy) is 1. The summed E-state index contributed by atoms with van der Waals surface area (Å²) in [6.45, 7) is 1.77. The van der Waals surface area contributed by atoms with Gasteiger partial charge in [0.2, 0.25) is 0 Å². The van der Waals surface area contributed by atoms with Crippen molar-refractivity contribution in [1.29, 1.82) is 0 Å². The van der Waals surface area contributed by atoms with E-state index in [4.69, 9.17) is 4.74 Å². The van der Waals surface area contributed by atoms with E-state index < -0.39 is 0 Å². The second-order valence-electron chi connectivity index (χ2n) is 4.47. The molecular formula is C16H18FNO. The smallest absolute Gasteiger partial charge is 0.126 e. The maximum atomic E-state index is 13.4. The Morgan fingerprint density at radius 3 is 2.53 bits per heavy atom. The van der Waals surface area contributed by atoms with Crippen molar-refractivity contribution in [2.75, 3.05) is 14.2 Å². The van der Waals surface area contributed by atoms with Crippen molar-refractivity contribution in [3.8, 4) is 5.75 Å². The number of rotatable bonds is 4. The maximum absolute atomic E-state index is 13.4. The molecule has 2 aromatic carbocycles. The van der Waals surface area contributed by atoms with E-state index in [0.29, 0.717) is 5.56 Å². The number of halogens is 1. The molecule has 3 heteroatoms. The third-order valence-electron chi connectivity index (χ3n) is 3.25. The minimum Gasteiger partial charge on any atom is -0.496 e. The topological polar surface area (TPSA) is 21.3 Å². The zero-order chi connectivity index (χ0) is 13.8. The average Bonchev–Trinajstić information content (AvgIpc) is 2.44. The summed E-state index contributed by atoms with van der Waals surface area (Å²) in [5, 5.41) is 3.25. The van der Waals surface area contributed by atoms with Crippen molar-refractivity contribution < 1.29 is 9.13 Å². The van der Waals surface area contributed by atoms with Crippen molar-refractivity contribution in [1.82, 2.24) is 5.32 Å². The van der Waals surface area contributed by atoms with Crippen molar-refractivity contribution in [2.45, 2.75) is 13.0 Å². The van der Waals surface area contributed by atoms with Gasteiger partial charge in [-0.1, -0.05) is 30.3 Å². The molecule has 2 aromatic rings. The van der Waals surface area contributed by atoms with Crippen LogP contribution in [0.5, 0.6) is 5.75 Å². The summed E-state index contributed by atoms with van der Waals surface area (Å²) >= 11 is 0. The van der Waals surface area contributed by atoms with E-state index in [9.17, 15) is 4.39 Å². The van der Waals surface area contributed by atoms with Crippen molar-refractivity contribution in [3.63, 3.8) is 0 Å². The minimum absolute atomic E-state index is 0.0181. The Hall–Kier alpha value is -1.87. The molecule has 0 spiro atoms. The van der Waals surface area contributed by atoms with Gasteiger partial charge in [-0.25, -0.2) is 4.39 Å². The van der Waals surface area contributed by atoms with E-state index in [2.05, 4.69) is 5.32 Å². The molecule has 0 aliphatic heterocycles. The molecule has 100 valence electrons. The predicted octanol–water partition coefficient (Wildman–Crippen LogP) is 3.45. The summed E-state index contributed by atoms with van der Waals surface area (Å²) in [5.74, 6) is 0.641. The fourth-order valence-electron chi connectivity index (χ4n) is 2.25. The van der Waals surface area contributed by atoms with Gasteiger partial charge in [-0.15, -0.1) is 0 Å². The van der Waals surface area contributed by atoms with E-state index in [1.807, 2.05) is 37.4 Å². The SMILES string of the molecule is CNC(c1ccc(F)c(C)c1)c1ccccc1OC. The minimum atomic E-state index is -0.182. The summed E-state index contributed by atoms with van der Waals surface area (Å²) < 4.78 is 18.8. The lowest BCUT2D eigenvalue weighted by atomic mass is 9.96. The highest BCUT2D eigenvalue weighted by Crippen LogP contribution is 2.30. The highest BCUT2D eigenvalue weighted by Gasteiger charge is 2.16. The molecular weight excluding hydrogens is 241 g/mol. The number of hydrogen-bond acceptors (Lipinski definition) is 2. The molecule has 2 nitrogen and oxygen atoms in total. The van der Waals surface area contributed by atoms with Gasteiger partial charge in [0.05, 0.1) is 13.2 Å². The van der Waals surface area contributed by atoms with Gasteiger partial charge < -0.3 is 10.1 Å². The van der Waals surface area contributed by atoms with E-state index in [-0.39, 0.29) is 11.9 Å². The van der Waals surface area contributed by atoms with Crippen LogP contribution in [0.1, 0.15) is 22.7 Å². The first kappa shape index (κ1) is 13.6. The Morgan fingerprint density at radius 1 is 1.16 bits per heavy atom. The first-order valence-electron chi connectivity index (χ1n) is 6.23. The average molecular weight is 259 g/mol. The monoisotopic (exact) mass is 259 g/mol. The van der Waals surface area contributed by atoms with Crippen molar-refractivity contribution >= 4 is 0 Å². The second kappa shape index (κ2) is 5.85. The number of para-hydroxylation sites is 1. The van der Waals surface area contributed by atoms with E-state index in [0.717, 1.165) is 16.9 Å². The van der Waals surface area contributed by atoms with Crippen LogP contribution >= 0.6 is 0 Å². The number of benzene rings is 2. The summed E-state index contributed by atoms with van der Waals surface area (Å²) in [6.07, 6.45) is 0. The predicted molar refractivity (Wildman–Crippen MR) is 75.0 cm³/mol. The van der Waals surface area contributed by atoms with Gasteiger partial charge in [0.1, 0.15) is 11.6 Å². The number of nitrogens with one attached hydrogen (secondary N) is 1. The molecule has 19 heavy (non-hydrogen) atoms. The summed E-state index contributed by atoms with van der Waals surface area (Å²) in [4.78, 5) is 0. The van der Waals surface area contributed by atoms with Gasteiger partial charge in [-0.05, 0) is 37.2 Å². The molecule has 1 unspecified atom stereocenters. The maximum Gasteiger partial charge on any atom is 0.126 e. The standard InChI is InChI=1S/C16H18FNO/c1-11-10-12(8-9-14(11)17)16(18-2)13-6-4-5-7-15(13)19-3/h4-10,16,18H,1-3H3. The molecule has 0 fully saturated rings. The molecule has 1 N–H and O–H groups in total. The van der Waals surface area contributed by atoms with Crippen LogP contribution < -0.4 is 10.1 Å². The third-order valence-corrected chi connectivity index (χ3v) is 3.25. The Labute approximate surface area is 113 Å². The third kappa shape index (κ3) is 2.76. The van der Waals surface area contributed by atoms with Crippen LogP contribution in [0.4, 0.5) is 4.39 Å². The normalized spacial score (nSPS) is 12.2. The number of hydrogen-bond donors (Lipinski definition) is 1. The van der Waals surface area contributed by atoms with Gasteiger partial charge in [0.15, 0.2) is 0 Å². The van der Waals surface area contributed by atoms with Gasteiger partial charge >= 0.3 is 0 Å². The van der Waals surface area contributed by atoms with E-state index >= 15 is 0 Å². The molecule has 0 heterocycles. The lowest BCUT2D eigenvalue weighted by molar-refractivity contribution is 0.405. The van der Waals surface area contributed by atoms with Crippen LogP contribution in [0.3, 0.4) is 0 Å². The molecule has 0 amide bonds. The van der Waals surface area contributed by atoms with Crippen LogP contribution in [0, 0.1) is 12.7 Å². The Morgan fingerprint density at radius 2 is 1.89 bits per heavy atom. The Bertz CT molecular complexity index is 568. The van der Waals surface area contributed by atoms with E-state index in [1.165, 1.54) is 6.07 Å². The molecule has 0 radical (unpaired) electrons. The van der Waals surface area contributed by atoms with Crippen LogP contribution in [-0.4, -0.2) is 14.2 Å². The molecule has 0 bridgehead atoms. The Balaban J connectivity index is 2.46. The zero-order valence-electron chi connectivity index (χ0n) is 11.4. The fraction of sp³-hybridized carbons (Fsp3) is 0.250. The molecule has 0 aliphatic carbocycles. The molecule has 0 aromatic heterocycles. The molecule has 1 atom stereocenters. The van der Waals surface area contributed by atoms with Gasteiger partial charge in [0.25, 0.3) is 0 Å². The van der Waals surface area contributed by atoms with Crippen molar-refractivity contribution in [2.24, 2.45) is 0 Å². The highest BCUT2D eigenvalue weighted by atomic mass is 19.1. The Kier molecular flexibility index (Phi) is 4.17. The van der Waals surface area contributed by atoms with E-state index in [1.54, 1.807) is 20.1 Å². The lowest BCUT2D eigenvalue weighted by Gasteiger charge is -2.20. The van der Waals surface area contributed by atoms with Crippen LogP contribution in [0.15, 0.2) is 42.5 Å². The summed E-state index contributed by atoms with van der Waals surface area (Å²) in [5.41, 5.74) is 2.71. The molecule has 2 rings (SSSR count). The van der Waals surface area contributed by atoms with Gasteiger partial charge in [-0.2, -0.15) is 0 Å². The lowest BCUT2D eigenvalue weighted by Crippen LogP contribution is -2.18. The molecule has 0 saturated carbocycles.